The Morgan fingerprint density at radius 2 is 0.941 bits per heavy atom. The summed E-state index contributed by atoms with van der Waals surface area (Å²) in [5.41, 5.74) is -0.733. The maximum absolute atomic E-state index is 15.6. The Kier molecular flexibility index (Phi) is 17.8. The van der Waals surface area contributed by atoms with E-state index >= 15 is 14.4 Å². The molecule has 2 amide bonds. The normalized spacial score (nSPS) is 13.6. The second-order valence-corrected chi connectivity index (χ2v) is 20.2. The van der Waals surface area contributed by atoms with Crippen LogP contribution >= 0.6 is 0 Å². The predicted octanol–water partition coefficient (Wildman–Crippen LogP) is 14.6. The Hall–Kier alpha value is -5.60. The van der Waals surface area contributed by atoms with Gasteiger partial charge in [0.15, 0.2) is 0 Å². The SMILES string of the molecule is CCCCCCCCC(CCCCCC)CN1C(=O)c2cc3cc4c(=C(C#N)C#N)c5cc6ccccc6cc5c4c4c(=O)n(CC(CCCCCC)CCCCCCCC)c(=O)c(c2C1=O)c34. The minimum atomic E-state index is -0.515. The largest absolute Gasteiger partial charge is 0.274 e. The van der Waals surface area contributed by atoms with Crippen molar-refractivity contribution < 1.29 is 9.59 Å². The van der Waals surface area contributed by atoms with Gasteiger partial charge in [-0.25, -0.2) is 0 Å². The minimum Gasteiger partial charge on any atom is -0.274 e. The highest BCUT2D eigenvalue weighted by molar-refractivity contribution is 6.35. The molecule has 0 saturated heterocycles. The summed E-state index contributed by atoms with van der Waals surface area (Å²) in [7, 11) is 0. The van der Waals surface area contributed by atoms with E-state index in [1.165, 1.54) is 54.4 Å². The van der Waals surface area contributed by atoms with Crippen molar-refractivity contribution in [3.63, 3.8) is 0 Å². The van der Waals surface area contributed by atoms with Crippen LogP contribution in [0, 0.1) is 34.5 Å². The van der Waals surface area contributed by atoms with E-state index in [-0.39, 0.29) is 40.5 Å². The van der Waals surface area contributed by atoms with Gasteiger partial charge < -0.3 is 0 Å². The lowest BCUT2D eigenvalue weighted by Gasteiger charge is -2.23. The number of nitriles is 2. The van der Waals surface area contributed by atoms with Crippen molar-refractivity contribution in [2.75, 3.05) is 6.54 Å². The summed E-state index contributed by atoms with van der Waals surface area (Å²) in [5, 5.41) is 27.0. The minimum absolute atomic E-state index is 0.0660. The highest BCUT2D eigenvalue weighted by Crippen LogP contribution is 2.41. The standard InChI is InChI=1S/C60H74N4O4/c1-5-9-13-17-19-23-29-41(27-21-15-11-7-3)39-63-57(65)50-36-45-35-49-51(46(37-61)38-62)47-33-43-31-25-26-32-44(43)34-48(47)53(49)55-52(45)56(54(50)58(63)66)60(68)64(59(55)67)40-42(28-22-16-12-8-4)30-24-20-18-14-10-6-2/h25-26,31-36,41-42H,5-24,27-30,39-40H2,1-4H3. The monoisotopic (exact) mass is 915 g/mol. The molecule has 6 aromatic rings. The van der Waals surface area contributed by atoms with Crippen molar-refractivity contribution in [2.45, 2.75) is 188 Å². The lowest BCUT2D eigenvalue weighted by atomic mass is 9.91. The molecule has 0 spiro atoms. The van der Waals surface area contributed by atoms with E-state index in [9.17, 15) is 15.3 Å². The van der Waals surface area contributed by atoms with Gasteiger partial charge >= 0.3 is 0 Å². The predicted molar refractivity (Wildman–Crippen MR) is 281 cm³/mol. The molecule has 5 aromatic carbocycles. The molecule has 0 aliphatic carbocycles. The highest BCUT2D eigenvalue weighted by atomic mass is 16.2. The van der Waals surface area contributed by atoms with Gasteiger partial charge in [-0.05, 0) is 94.1 Å². The number of pyridine rings is 1. The summed E-state index contributed by atoms with van der Waals surface area (Å²) in [6.07, 6.45) is 26.2. The third-order valence-corrected chi connectivity index (χ3v) is 15.2. The second kappa shape index (κ2) is 24.1. The van der Waals surface area contributed by atoms with Crippen molar-refractivity contribution >= 4 is 71.2 Å². The average Bonchev–Trinajstić information content (AvgIpc) is 3.77. The number of benzene rings is 4. The zero-order valence-corrected chi connectivity index (χ0v) is 41.6. The van der Waals surface area contributed by atoms with Gasteiger partial charge in [0.25, 0.3) is 22.9 Å². The van der Waals surface area contributed by atoms with Crippen molar-refractivity contribution in [1.82, 2.24) is 9.47 Å². The van der Waals surface area contributed by atoms with Crippen molar-refractivity contribution in [2.24, 2.45) is 11.8 Å². The molecule has 7 rings (SSSR count). The van der Waals surface area contributed by atoms with Crippen LogP contribution in [0.15, 0.2) is 58.1 Å². The highest BCUT2D eigenvalue weighted by Gasteiger charge is 2.40. The van der Waals surface area contributed by atoms with Gasteiger partial charge in [0, 0.05) is 29.1 Å². The van der Waals surface area contributed by atoms with E-state index < -0.39 is 22.9 Å². The Morgan fingerprint density at radius 1 is 0.485 bits per heavy atom. The molecular formula is C60H74N4O4. The summed E-state index contributed by atoms with van der Waals surface area (Å²) < 4.78 is 1.40. The number of fused-ring (bicyclic) bond motifs is 7. The van der Waals surface area contributed by atoms with E-state index in [1.54, 1.807) is 6.07 Å². The first-order valence-electron chi connectivity index (χ1n) is 26.7. The number of carbonyl (C=O) groups excluding carboxylic acids is 2. The number of nitrogens with zero attached hydrogens (tertiary/aromatic N) is 4. The summed E-state index contributed by atoms with van der Waals surface area (Å²) in [4.78, 5) is 62.4. The van der Waals surface area contributed by atoms with Crippen LogP contribution < -0.4 is 16.3 Å². The molecule has 2 atom stereocenters. The number of unbranched alkanes of at least 4 members (excludes halogenated alkanes) is 16. The molecule has 68 heavy (non-hydrogen) atoms. The second-order valence-electron chi connectivity index (χ2n) is 20.2. The van der Waals surface area contributed by atoms with Crippen LogP contribution in [-0.4, -0.2) is 27.8 Å². The molecule has 1 aliphatic heterocycles. The third kappa shape index (κ3) is 10.7. The van der Waals surface area contributed by atoms with E-state index in [4.69, 9.17) is 0 Å². The van der Waals surface area contributed by atoms with Gasteiger partial charge in [-0.15, -0.1) is 0 Å². The van der Waals surface area contributed by atoms with Crippen molar-refractivity contribution in [3.05, 3.63) is 85.6 Å². The third-order valence-electron chi connectivity index (χ3n) is 15.2. The van der Waals surface area contributed by atoms with Crippen LogP contribution in [0.2, 0.25) is 0 Å². The molecule has 8 nitrogen and oxygen atoms in total. The molecule has 1 aromatic heterocycles. The van der Waals surface area contributed by atoms with Gasteiger partial charge in [0.1, 0.15) is 17.7 Å². The number of hydrogen-bond acceptors (Lipinski definition) is 6. The van der Waals surface area contributed by atoms with Gasteiger partial charge in [0.2, 0.25) is 0 Å². The van der Waals surface area contributed by atoms with E-state index in [2.05, 4.69) is 39.8 Å². The Morgan fingerprint density at radius 3 is 1.47 bits per heavy atom. The van der Waals surface area contributed by atoms with E-state index in [0.717, 1.165) is 120 Å². The van der Waals surface area contributed by atoms with Crippen LogP contribution in [0.5, 0.6) is 0 Å². The average molecular weight is 915 g/mol. The van der Waals surface area contributed by atoms with Crippen LogP contribution in [0.3, 0.4) is 0 Å². The zero-order chi connectivity index (χ0) is 48.2. The number of amides is 2. The summed E-state index contributed by atoms with van der Waals surface area (Å²) in [6.45, 7) is 9.35. The Labute approximate surface area is 403 Å². The van der Waals surface area contributed by atoms with Gasteiger partial charge in [-0.1, -0.05) is 180 Å². The van der Waals surface area contributed by atoms with Gasteiger partial charge in [-0.2, -0.15) is 10.5 Å². The lowest BCUT2D eigenvalue weighted by molar-refractivity contribution is 0.0622. The molecule has 8 heteroatoms. The fourth-order valence-corrected chi connectivity index (χ4v) is 11.5. The molecule has 1 aliphatic rings. The summed E-state index contributed by atoms with van der Waals surface area (Å²) in [5.74, 6) is -0.649. The van der Waals surface area contributed by atoms with Crippen molar-refractivity contribution in [3.8, 4) is 12.1 Å². The molecule has 2 unspecified atom stereocenters. The zero-order valence-electron chi connectivity index (χ0n) is 41.6. The lowest BCUT2D eigenvalue weighted by Crippen LogP contribution is -2.37. The first kappa shape index (κ1) is 50.3. The summed E-state index contributed by atoms with van der Waals surface area (Å²) in [6, 6.07) is 19.7. The number of carbonyl (C=O) groups is 2. The fraction of sp³-hybridized carbons (Fsp3) is 0.533. The first-order chi connectivity index (χ1) is 33.2. The van der Waals surface area contributed by atoms with Gasteiger partial charge in [0.05, 0.1) is 21.9 Å². The van der Waals surface area contributed by atoms with Crippen LogP contribution in [0.4, 0.5) is 0 Å². The van der Waals surface area contributed by atoms with E-state index in [0.29, 0.717) is 49.5 Å². The first-order valence-corrected chi connectivity index (χ1v) is 26.7. The number of imide groups is 1. The number of aromatic nitrogens is 1. The molecule has 0 bridgehead atoms. The fourth-order valence-electron chi connectivity index (χ4n) is 11.5. The Balaban J connectivity index is 1.44. The maximum atomic E-state index is 15.6. The molecule has 0 radical (unpaired) electrons. The topological polar surface area (TPSA) is 124 Å². The number of hydrogen-bond donors (Lipinski definition) is 0. The van der Waals surface area contributed by atoms with Crippen LogP contribution in [0.1, 0.15) is 203 Å². The van der Waals surface area contributed by atoms with Crippen molar-refractivity contribution in [1.29, 1.82) is 10.5 Å². The molecule has 2 heterocycles. The molecule has 0 saturated carbocycles. The molecular weight excluding hydrogens is 841 g/mol. The summed E-state index contributed by atoms with van der Waals surface area (Å²) >= 11 is 0. The number of rotatable bonds is 28. The van der Waals surface area contributed by atoms with Crippen LogP contribution in [0.25, 0.3) is 59.4 Å². The van der Waals surface area contributed by atoms with Crippen LogP contribution in [-0.2, 0) is 6.54 Å². The molecule has 0 fully saturated rings. The molecule has 358 valence electrons. The van der Waals surface area contributed by atoms with Gasteiger partial charge in [-0.3, -0.25) is 28.6 Å². The Bertz CT molecular complexity index is 2990. The maximum Gasteiger partial charge on any atom is 0.262 e. The molecule has 0 N–H and O–H groups in total. The smallest absolute Gasteiger partial charge is 0.262 e. The van der Waals surface area contributed by atoms with E-state index in [1.807, 2.05) is 42.5 Å². The quantitative estimate of drug-likeness (QED) is 0.0357.